The molecule has 1 heterocycles. The highest BCUT2D eigenvalue weighted by atomic mass is 16.3. The predicted molar refractivity (Wildman–Crippen MR) is 109 cm³/mol. The highest BCUT2D eigenvalue weighted by Crippen LogP contribution is 2.19. The van der Waals surface area contributed by atoms with Gasteiger partial charge in [0.15, 0.2) is 0 Å². The van der Waals surface area contributed by atoms with Crippen molar-refractivity contribution in [1.82, 2.24) is 14.5 Å². The molecule has 0 aliphatic heterocycles. The Kier molecular flexibility index (Phi) is 7.12. The first-order valence-electron chi connectivity index (χ1n) is 9.27. The summed E-state index contributed by atoms with van der Waals surface area (Å²) in [6.07, 6.45) is 2.20. The zero-order valence-electron chi connectivity index (χ0n) is 16.5. The van der Waals surface area contributed by atoms with Crippen LogP contribution in [0.15, 0.2) is 32.8 Å². The molecule has 1 aromatic heterocycles. The van der Waals surface area contributed by atoms with Gasteiger partial charge in [0.1, 0.15) is 5.56 Å². The van der Waals surface area contributed by atoms with Gasteiger partial charge in [-0.25, -0.2) is 9.36 Å². The first-order chi connectivity index (χ1) is 12.9. The molecule has 0 fully saturated rings. The van der Waals surface area contributed by atoms with Gasteiger partial charge < -0.3 is 10.0 Å². The van der Waals surface area contributed by atoms with Gasteiger partial charge in [-0.3, -0.25) is 14.8 Å². The molecule has 0 bridgehead atoms. The lowest BCUT2D eigenvalue weighted by Gasteiger charge is -2.16. The third-order valence-corrected chi connectivity index (χ3v) is 4.59. The van der Waals surface area contributed by atoms with E-state index in [1.54, 1.807) is 6.07 Å². The minimum Gasteiger partial charge on any atom is -0.493 e. The van der Waals surface area contributed by atoms with Gasteiger partial charge in [-0.05, 0) is 51.5 Å². The van der Waals surface area contributed by atoms with Crippen LogP contribution in [0.3, 0.4) is 0 Å². The smallest absolute Gasteiger partial charge is 0.335 e. The third kappa shape index (κ3) is 4.95. The van der Waals surface area contributed by atoms with E-state index in [-0.39, 0.29) is 5.56 Å². The molecule has 1 aromatic carbocycles. The molecule has 146 valence electrons. The second-order valence-electron chi connectivity index (χ2n) is 6.54. The Morgan fingerprint density at radius 3 is 2.56 bits per heavy atom. The monoisotopic (exact) mass is 372 g/mol. The molecule has 0 saturated heterocycles. The zero-order valence-corrected chi connectivity index (χ0v) is 16.5. The predicted octanol–water partition coefficient (Wildman–Crippen LogP) is 2.00. The number of benzene rings is 1. The van der Waals surface area contributed by atoms with Crippen LogP contribution in [0.4, 0.5) is 0 Å². The van der Waals surface area contributed by atoms with Crippen LogP contribution in [-0.2, 0) is 0 Å². The maximum Gasteiger partial charge on any atom is 0.335 e. The van der Waals surface area contributed by atoms with Crippen LogP contribution in [0.2, 0.25) is 0 Å². The van der Waals surface area contributed by atoms with E-state index < -0.39 is 17.1 Å². The number of aryl methyl sites for hydroxylation is 2. The van der Waals surface area contributed by atoms with Crippen LogP contribution in [0.5, 0.6) is 5.88 Å². The highest BCUT2D eigenvalue weighted by molar-refractivity contribution is 5.82. The third-order valence-electron chi connectivity index (χ3n) is 4.59. The molecule has 2 N–H and O–H groups in total. The van der Waals surface area contributed by atoms with Gasteiger partial charge in [0, 0.05) is 12.8 Å². The summed E-state index contributed by atoms with van der Waals surface area (Å²) in [5.41, 5.74) is 1.05. The lowest BCUT2D eigenvalue weighted by atomic mass is 10.1. The fraction of sp³-hybridized carbons (Fsp3) is 0.450. The van der Waals surface area contributed by atoms with Gasteiger partial charge in [0.25, 0.3) is 5.56 Å². The van der Waals surface area contributed by atoms with E-state index in [1.807, 2.05) is 26.0 Å². The summed E-state index contributed by atoms with van der Waals surface area (Å²) in [6.45, 7) is 11.5. The van der Waals surface area contributed by atoms with Crippen molar-refractivity contribution in [1.29, 1.82) is 0 Å². The van der Waals surface area contributed by atoms with Crippen molar-refractivity contribution < 1.29 is 5.11 Å². The Morgan fingerprint density at radius 1 is 1.22 bits per heavy atom. The van der Waals surface area contributed by atoms with E-state index in [9.17, 15) is 14.7 Å². The summed E-state index contributed by atoms with van der Waals surface area (Å²) in [5, 5.41) is 10.6. The number of H-pyrrole nitrogens is 1. The average molecular weight is 372 g/mol. The van der Waals surface area contributed by atoms with Crippen LogP contribution in [0, 0.1) is 13.8 Å². The van der Waals surface area contributed by atoms with Crippen molar-refractivity contribution in [3.8, 4) is 11.6 Å². The largest absolute Gasteiger partial charge is 0.493 e. The summed E-state index contributed by atoms with van der Waals surface area (Å²) < 4.78 is 1.10. The maximum absolute atomic E-state index is 12.3. The molecule has 27 heavy (non-hydrogen) atoms. The van der Waals surface area contributed by atoms with E-state index in [0.29, 0.717) is 12.2 Å². The summed E-state index contributed by atoms with van der Waals surface area (Å²) in [7, 11) is 0. The van der Waals surface area contributed by atoms with Gasteiger partial charge in [0.05, 0.1) is 5.69 Å². The fourth-order valence-electron chi connectivity index (χ4n) is 3.02. The van der Waals surface area contributed by atoms with Crippen LogP contribution in [0.25, 0.3) is 5.69 Å². The number of nitrogens with one attached hydrogen (secondary N) is 1. The molecule has 0 saturated carbocycles. The van der Waals surface area contributed by atoms with Gasteiger partial charge in [-0.1, -0.05) is 31.5 Å². The molecule has 0 aliphatic carbocycles. The van der Waals surface area contributed by atoms with Crippen molar-refractivity contribution in [2.45, 2.75) is 34.1 Å². The number of hydrogen-bond donors (Lipinski definition) is 2. The minimum atomic E-state index is -0.678. The lowest BCUT2D eigenvalue weighted by Crippen LogP contribution is -2.31. The molecule has 0 unspecified atom stereocenters. The normalized spacial score (nSPS) is 11.6. The molecular formula is C20H28N4O3. The summed E-state index contributed by atoms with van der Waals surface area (Å²) >= 11 is 0. The van der Waals surface area contributed by atoms with Gasteiger partial charge in [-0.15, -0.1) is 0 Å². The number of aromatic nitrogens is 2. The van der Waals surface area contributed by atoms with E-state index in [2.05, 4.69) is 28.7 Å². The van der Waals surface area contributed by atoms with E-state index >= 15 is 0 Å². The second-order valence-corrected chi connectivity index (χ2v) is 6.54. The van der Waals surface area contributed by atoms with E-state index in [0.717, 1.165) is 41.7 Å². The minimum absolute atomic E-state index is 0.0163. The molecule has 0 amide bonds. The molecule has 0 spiro atoms. The van der Waals surface area contributed by atoms with E-state index in [1.165, 1.54) is 6.21 Å². The van der Waals surface area contributed by atoms with Crippen molar-refractivity contribution in [2.24, 2.45) is 4.99 Å². The topological polar surface area (TPSA) is 90.7 Å². The first kappa shape index (κ1) is 20.6. The molecular weight excluding hydrogens is 344 g/mol. The van der Waals surface area contributed by atoms with E-state index in [4.69, 9.17) is 0 Å². The molecule has 0 aliphatic rings. The highest BCUT2D eigenvalue weighted by Gasteiger charge is 2.15. The lowest BCUT2D eigenvalue weighted by molar-refractivity contribution is 0.302. The average Bonchev–Trinajstić information content (AvgIpc) is 2.62. The second kappa shape index (κ2) is 9.32. The molecule has 7 heteroatoms. The van der Waals surface area contributed by atoms with Crippen molar-refractivity contribution in [3.63, 3.8) is 0 Å². The van der Waals surface area contributed by atoms with Crippen LogP contribution < -0.4 is 11.2 Å². The molecule has 2 rings (SSSR count). The summed E-state index contributed by atoms with van der Waals surface area (Å²) in [4.78, 5) is 33.2. The standard InChI is InChI=1S/C20H28N4O3/c1-5-23(6-2)11-7-10-21-13-16-18(25)22-20(27)24(19(16)26)17-9-8-14(3)12-15(17)4/h8-9,12-13,26H,5-7,10-11H2,1-4H3,(H,22,25,27). The Morgan fingerprint density at radius 2 is 1.93 bits per heavy atom. The number of aliphatic imine (C=N–C) groups is 1. The number of rotatable bonds is 8. The number of aromatic hydroxyl groups is 1. The van der Waals surface area contributed by atoms with Crippen LogP contribution in [0.1, 0.15) is 37.0 Å². The maximum atomic E-state index is 12.3. The fourth-order valence-corrected chi connectivity index (χ4v) is 3.02. The summed E-state index contributed by atoms with van der Waals surface area (Å²) in [6, 6.07) is 5.50. The Hall–Kier alpha value is -2.67. The Balaban J connectivity index is 2.29. The number of nitrogens with zero attached hydrogens (tertiary/aromatic N) is 3. The zero-order chi connectivity index (χ0) is 20.0. The molecule has 2 aromatic rings. The SMILES string of the molecule is CCN(CC)CCCN=Cc1c(O)n(-c2ccc(C)cc2C)c(=O)[nH]c1=O. The Bertz CT molecular complexity index is 924. The van der Waals surface area contributed by atoms with Crippen molar-refractivity contribution in [2.75, 3.05) is 26.2 Å². The van der Waals surface area contributed by atoms with Crippen molar-refractivity contribution in [3.05, 3.63) is 55.7 Å². The number of aromatic amines is 1. The molecule has 0 radical (unpaired) electrons. The quantitative estimate of drug-likeness (QED) is 0.548. The molecule has 0 atom stereocenters. The molecule has 7 nitrogen and oxygen atoms in total. The van der Waals surface area contributed by atoms with Gasteiger partial charge in [-0.2, -0.15) is 0 Å². The van der Waals surface area contributed by atoms with Crippen LogP contribution in [-0.4, -0.2) is 52.0 Å². The van der Waals surface area contributed by atoms with Gasteiger partial charge in [0.2, 0.25) is 5.88 Å². The number of hydrogen-bond acceptors (Lipinski definition) is 5. The van der Waals surface area contributed by atoms with Gasteiger partial charge >= 0.3 is 5.69 Å². The summed E-state index contributed by atoms with van der Waals surface area (Å²) in [5.74, 6) is -0.400. The van der Waals surface area contributed by atoms with Crippen LogP contribution >= 0.6 is 0 Å². The Labute approximate surface area is 159 Å². The first-order valence-corrected chi connectivity index (χ1v) is 9.27. The van der Waals surface area contributed by atoms with Crippen molar-refractivity contribution >= 4 is 6.21 Å².